The lowest BCUT2D eigenvalue weighted by atomic mass is 9.98. The molecule has 2 fully saturated rings. The van der Waals surface area contributed by atoms with Gasteiger partial charge in [-0.3, -0.25) is 4.79 Å². The fraction of sp³-hybridized carbons (Fsp3) is 0.857. The van der Waals surface area contributed by atoms with Crippen LogP contribution in [0.25, 0.3) is 0 Å². The third-order valence-electron chi connectivity index (χ3n) is 14.9. The van der Waals surface area contributed by atoms with Gasteiger partial charge in [-0.25, -0.2) is 0 Å². The predicted octanol–water partition coefficient (Wildman–Crippen LogP) is 11.9. The molecule has 14 nitrogen and oxygen atoms in total. The lowest BCUT2D eigenvalue weighted by Gasteiger charge is -2.42. The van der Waals surface area contributed by atoms with Gasteiger partial charge in [-0.2, -0.15) is 0 Å². The molecule has 11 atom stereocenters. The molecule has 77 heavy (non-hydrogen) atoms. The summed E-state index contributed by atoms with van der Waals surface area (Å²) in [6, 6.07) is 0. The molecule has 0 amide bonds. The molecule has 14 heteroatoms. The number of hydrogen-bond acceptors (Lipinski definition) is 14. The summed E-state index contributed by atoms with van der Waals surface area (Å²) in [5.41, 5.74) is 0. The van der Waals surface area contributed by atoms with E-state index < -0.39 is 80.7 Å². The maximum Gasteiger partial charge on any atom is 0.306 e. The van der Waals surface area contributed by atoms with Crippen LogP contribution in [0.2, 0.25) is 0 Å². The van der Waals surface area contributed by atoms with Crippen LogP contribution in [0.15, 0.2) is 48.6 Å². The van der Waals surface area contributed by atoms with Gasteiger partial charge in [0.1, 0.15) is 54.9 Å². The summed E-state index contributed by atoms with van der Waals surface area (Å²) >= 11 is 0. The van der Waals surface area contributed by atoms with Crippen molar-refractivity contribution < 1.29 is 69.0 Å². The Labute approximate surface area is 467 Å². The van der Waals surface area contributed by atoms with Gasteiger partial charge in [0.05, 0.1) is 26.4 Å². The van der Waals surface area contributed by atoms with Crippen LogP contribution in [0.3, 0.4) is 0 Å². The number of aliphatic hydroxyl groups is 7. The molecule has 2 aliphatic rings. The number of allylic oxidation sites excluding steroid dienone is 8. The van der Waals surface area contributed by atoms with E-state index in [0.717, 1.165) is 70.6 Å². The molecular formula is C63H114O14. The summed E-state index contributed by atoms with van der Waals surface area (Å²) < 4.78 is 34.5. The summed E-state index contributed by atoms with van der Waals surface area (Å²) in [6.45, 7) is 3.61. The van der Waals surface area contributed by atoms with Crippen molar-refractivity contribution in [3.63, 3.8) is 0 Å². The molecule has 0 aromatic carbocycles. The summed E-state index contributed by atoms with van der Waals surface area (Å²) in [6.07, 6.45) is 44.6. The molecule has 7 N–H and O–H groups in total. The molecule has 11 unspecified atom stereocenters. The van der Waals surface area contributed by atoms with Gasteiger partial charge in [0.2, 0.25) is 0 Å². The van der Waals surface area contributed by atoms with Gasteiger partial charge in [-0.05, 0) is 51.4 Å². The van der Waals surface area contributed by atoms with E-state index in [1.54, 1.807) is 0 Å². The molecule has 2 saturated heterocycles. The van der Waals surface area contributed by atoms with E-state index >= 15 is 0 Å². The number of hydrogen-bond donors (Lipinski definition) is 7. The number of carbonyl (C=O) groups excluding carboxylic acids is 1. The number of esters is 1. The molecule has 0 saturated carbocycles. The molecule has 2 heterocycles. The van der Waals surface area contributed by atoms with Crippen LogP contribution in [-0.2, 0) is 33.2 Å². The highest BCUT2D eigenvalue weighted by molar-refractivity contribution is 5.69. The second-order valence-corrected chi connectivity index (χ2v) is 21.9. The molecule has 0 aromatic rings. The number of aliphatic hydroxyl groups excluding tert-OH is 7. The van der Waals surface area contributed by atoms with Crippen molar-refractivity contribution in [3.05, 3.63) is 48.6 Å². The van der Waals surface area contributed by atoms with Crippen LogP contribution in [0.5, 0.6) is 0 Å². The van der Waals surface area contributed by atoms with Crippen molar-refractivity contribution in [3.8, 4) is 0 Å². The normalized spacial score (nSPS) is 24.6. The molecule has 0 spiro atoms. The monoisotopic (exact) mass is 1090 g/mol. The first-order valence-corrected chi connectivity index (χ1v) is 31.2. The van der Waals surface area contributed by atoms with E-state index in [0.29, 0.717) is 13.0 Å². The predicted molar refractivity (Wildman–Crippen MR) is 307 cm³/mol. The Morgan fingerprint density at radius 2 is 0.844 bits per heavy atom. The van der Waals surface area contributed by atoms with Gasteiger partial charge >= 0.3 is 5.97 Å². The maximum absolute atomic E-state index is 13.1. The zero-order chi connectivity index (χ0) is 55.8. The van der Waals surface area contributed by atoms with Crippen LogP contribution >= 0.6 is 0 Å². The number of rotatable bonds is 51. The molecule has 0 radical (unpaired) electrons. The Balaban J connectivity index is 1.68. The second-order valence-electron chi connectivity index (χ2n) is 21.9. The van der Waals surface area contributed by atoms with Crippen LogP contribution in [0.4, 0.5) is 0 Å². The summed E-state index contributed by atoms with van der Waals surface area (Å²) in [5, 5.41) is 72.5. The molecule has 0 bridgehead atoms. The third-order valence-corrected chi connectivity index (χ3v) is 14.9. The molecule has 2 rings (SSSR count). The Morgan fingerprint density at radius 1 is 0.442 bits per heavy atom. The third kappa shape index (κ3) is 36.1. The minimum Gasteiger partial charge on any atom is -0.457 e. The van der Waals surface area contributed by atoms with Crippen LogP contribution < -0.4 is 0 Å². The number of unbranched alkanes of at least 4 members (excludes halogenated alkanes) is 29. The van der Waals surface area contributed by atoms with Crippen LogP contribution in [0.1, 0.15) is 245 Å². The first-order chi connectivity index (χ1) is 37.6. The Bertz CT molecular complexity index is 1460. The summed E-state index contributed by atoms with van der Waals surface area (Å²) in [7, 11) is 0. The fourth-order valence-electron chi connectivity index (χ4n) is 9.87. The van der Waals surface area contributed by atoms with E-state index in [2.05, 4.69) is 62.5 Å². The van der Waals surface area contributed by atoms with Crippen molar-refractivity contribution >= 4 is 5.97 Å². The maximum atomic E-state index is 13.1. The lowest BCUT2D eigenvalue weighted by molar-refractivity contribution is -0.332. The minimum absolute atomic E-state index is 0.0615. The summed E-state index contributed by atoms with van der Waals surface area (Å²) in [4.78, 5) is 13.1. The van der Waals surface area contributed by atoms with E-state index in [-0.39, 0.29) is 25.6 Å². The van der Waals surface area contributed by atoms with Crippen molar-refractivity contribution in [1.82, 2.24) is 0 Å². The summed E-state index contributed by atoms with van der Waals surface area (Å²) in [5.74, 6) is -0.373. The number of ether oxygens (including phenoxy) is 6. The Hall–Kier alpha value is -2.05. The zero-order valence-corrected chi connectivity index (χ0v) is 48.4. The highest BCUT2D eigenvalue weighted by Gasteiger charge is 2.47. The van der Waals surface area contributed by atoms with E-state index in [1.807, 2.05) is 0 Å². The van der Waals surface area contributed by atoms with Crippen molar-refractivity contribution in [2.24, 2.45) is 0 Å². The molecule has 2 aliphatic heterocycles. The highest BCUT2D eigenvalue weighted by Crippen LogP contribution is 2.27. The van der Waals surface area contributed by atoms with Gasteiger partial charge in [0, 0.05) is 13.0 Å². The molecule has 0 aromatic heterocycles. The van der Waals surface area contributed by atoms with Gasteiger partial charge in [-0.1, -0.05) is 236 Å². The fourth-order valence-corrected chi connectivity index (χ4v) is 9.87. The van der Waals surface area contributed by atoms with Gasteiger partial charge in [0.25, 0.3) is 0 Å². The number of carbonyl (C=O) groups is 1. The SMILES string of the molecule is CC/C=C\C/C=C\C/C=C\C/C=C\CCCCCCCCCCCCCOCC(COC1OC(COC2OC(CO)C(O)C(O)C2O)C(O)C(O)C1O)OC(=O)CCCCCCCCCCCCCCCCCCCCC. The first kappa shape index (κ1) is 71.1. The van der Waals surface area contributed by atoms with Gasteiger partial charge in [0.15, 0.2) is 12.6 Å². The highest BCUT2D eigenvalue weighted by atomic mass is 16.7. The second kappa shape index (κ2) is 49.7. The van der Waals surface area contributed by atoms with Crippen LogP contribution in [-0.4, -0.2) is 142 Å². The Morgan fingerprint density at radius 3 is 1.32 bits per heavy atom. The van der Waals surface area contributed by atoms with E-state index in [1.165, 1.54) is 148 Å². The quantitative estimate of drug-likeness (QED) is 0.0172. The van der Waals surface area contributed by atoms with Crippen molar-refractivity contribution in [2.45, 2.75) is 313 Å². The molecule has 0 aliphatic carbocycles. The minimum atomic E-state index is -1.71. The van der Waals surface area contributed by atoms with E-state index in [9.17, 15) is 40.5 Å². The van der Waals surface area contributed by atoms with Crippen molar-refractivity contribution in [1.29, 1.82) is 0 Å². The average Bonchev–Trinajstić information content (AvgIpc) is 3.43. The van der Waals surface area contributed by atoms with Crippen LogP contribution in [0, 0.1) is 0 Å². The average molecular weight is 1100 g/mol. The Kier molecular flexibility index (Phi) is 45.9. The molecule has 450 valence electrons. The van der Waals surface area contributed by atoms with E-state index in [4.69, 9.17) is 28.4 Å². The first-order valence-electron chi connectivity index (χ1n) is 31.2. The van der Waals surface area contributed by atoms with Gasteiger partial charge in [-0.15, -0.1) is 0 Å². The zero-order valence-electron chi connectivity index (χ0n) is 48.4. The standard InChI is InChI=1S/C63H114O14/c1-3-5-7-9-11-13-15-17-19-21-23-24-25-26-27-29-31-33-35-37-39-41-43-45-47-72-49-52(75-55(65)46-44-42-40-38-36-34-32-30-28-22-20-18-16-14-12-10-8-6-4-2)50-73-62-61(71)59(69)57(67)54(77-62)51-74-63-60(70)58(68)56(66)53(48-64)76-63/h5,7,11,13,17,19,23-24,52-54,56-64,66-71H,3-4,6,8-10,12,14-16,18,20-22,25-51H2,1-2H3/b7-5-,13-11-,19-17-,24-23-. The molecular weight excluding hydrogens is 981 g/mol. The lowest BCUT2D eigenvalue weighted by Crippen LogP contribution is -2.61. The van der Waals surface area contributed by atoms with Crippen molar-refractivity contribution in [2.75, 3.05) is 33.0 Å². The topological polar surface area (TPSA) is 214 Å². The smallest absolute Gasteiger partial charge is 0.306 e. The van der Waals surface area contributed by atoms with Gasteiger partial charge < -0.3 is 64.2 Å². The largest absolute Gasteiger partial charge is 0.457 e.